The first-order chi connectivity index (χ1) is 13.9. The van der Waals surface area contributed by atoms with Gasteiger partial charge >= 0.3 is 5.97 Å². The number of esters is 1. The van der Waals surface area contributed by atoms with E-state index in [1.165, 1.54) is 0 Å². The molecule has 0 unspecified atom stereocenters. The van der Waals surface area contributed by atoms with Crippen LogP contribution >= 0.6 is 0 Å². The fourth-order valence-electron chi connectivity index (χ4n) is 3.62. The molecule has 0 bridgehead atoms. The number of hydrogen-bond donors (Lipinski definition) is 2. The molecule has 7 nitrogen and oxygen atoms in total. The summed E-state index contributed by atoms with van der Waals surface area (Å²) in [6, 6.07) is 5.42. The van der Waals surface area contributed by atoms with Crippen LogP contribution < -0.4 is 11.1 Å². The lowest BCUT2D eigenvalue weighted by atomic mass is 9.94. The van der Waals surface area contributed by atoms with Crippen LogP contribution in [0.2, 0.25) is 0 Å². The Bertz CT molecular complexity index is 1100. The highest BCUT2D eigenvalue weighted by atomic mass is 16.5. The minimum absolute atomic E-state index is 0.0249. The maximum absolute atomic E-state index is 12.1. The molecule has 0 saturated carbocycles. The van der Waals surface area contributed by atoms with E-state index in [1.807, 2.05) is 39.2 Å². The van der Waals surface area contributed by atoms with Gasteiger partial charge in [0.05, 0.1) is 11.3 Å². The van der Waals surface area contributed by atoms with E-state index in [1.54, 1.807) is 12.1 Å². The normalized spacial score (nSPS) is 19.6. The van der Waals surface area contributed by atoms with Crippen molar-refractivity contribution in [3.63, 3.8) is 0 Å². The van der Waals surface area contributed by atoms with E-state index in [9.17, 15) is 4.79 Å². The molecule has 29 heavy (non-hydrogen) atoms. The number of pyridine rings is 3. The number of aryl methyl sites for hydroxylation is 1. The van der Waals surface area contributed by atoms with Crippen LogP contribution in [0.1, 0.15) is 66.5 Å². The van der Waals surface area contributed by atoms with Gasteiger partial charge in [-0.05, 0) is 49.4 Å². The fraction of sp³-hybridized carbons (Fsp3) is 0.364. The Morgan fingerprint density at radius 1 is 1.17 bits per heavy atom. The van der Waals surface area contributed by atoms with Gasteiger partial charge in [0, 0.05) is 35.4 Å². The Kier molecular flexibility index (Phi) is 4.92. The number of cyclic esters (lactones) is 1. The van der Waals surface area contributed by atoms with Crippen molar-refractivity contribution >= 4 is 28.4 Å². The standard InChI is InChI=1S/C22H25N5O2/c1-5-18(23)17-10-24-12(3)16-9-25-20(8-15(16)17)26-19-7-6-14-21(27-19)11(2)13(4)29-22(14)28/h6-11,13,18H,5,23H2,1-4H3,(H,25,26,27)/t11-,13-,18+/m0/s1. The smallest absolute Gasteiger partial charge is 0.340 e. The number of nitrogens with zero attached hydrogens (tertiary/aromatic N) is 3. The van der Waals surface area contributed by atoms with Gasteiger partial charge in [0.1, 0.15) is 17.7 Å². The molecule has 3 N–H and O–H groups in total. The molecular weight excluding hydrogens is 366 g/mol. The van der Waals surface area contributed by atoms with Crippen LogP contribution in [0, 0.1) is 6.92 Å². The highest BCUT2D eigenvalue weighted by Crippen LogP contribution is 2.32. The van der Waals surface area contributed by atoms with Crippen molar-refractivity contribution in [2.24, 2.45) is 5.73 Å². The van der Waals surface area contributed by atoms with Crippen molar-refractivity contribution in [2.45, 2.75) is 52.2 Å². The van der Waals surface area contributed by atoms with E-state index in [0.717, 1.165) is 34.1 Å². The average molecular weight is 391 g/mol. The average Bonchev–Trinajstić information content (AvgIpc) is 2.72. The lowest BCUT2D eigenvalue weighted by Gasteiger charge is -2.27. The van der Waals surface area contributed by atoms with Gasteiger partial charge in [-0.15, -0.1) is 0 Å². The van der Waals surface area contributed by atoms with Crippen LogP contribution in [0.25, 0.3) is 10.8 Å². The van der Waals surface area contributed by atoms with Crippen LogP contribution in [0.15, 0.2) is 30.6 Å². The minimum atomic E-state index is -0.324. The predicted octanol–water partition coefficient (Wildman–Crippen LogP) is 4.15. The lowest BCUT2D eigenvalue weighted by molar-refractivity contribution is 0.0235. The number of nitrogens with one attached hydrogen (secondary N) is 1. The van der Waals surface area contributed by atoms with E-state index in [-0.39, 0.29) is 24.0 Å². The van der Waals surface area contributed by atoms with Crippen LogP contribution in [-0.2, 0) is 4.74 Å². The van der Waals surface area contributed by atoms with E-state index in [2.05, 4.69) is 27.2 Å². The maximum atomic E-state index is 12.1. The third-order valence-corrected chi connectivity index (χ3v) is 5.67. The van der Waals surface area contributed by atoms with Crippen molar-refractivity contribution < 1.29 is 9.53 Å². The molecule has 0 spiro atoms. The molecule has 150 valence electrons. The zero-order valence-electron chi connectivity index (χ0n) is 17.1. The van der Waals surface area contributed by atoms with Gasteiger partial charge < -0.3 is 15.8 Å². The molecule has 0 saturated heterocycles. The summed E-state index contributed by atoms with van der Waals surface area (Å²) < 4.78 is 5.36. The molecular formula is C22H25N5O2. The van der Waals surface area contributed by atoms with E-state index >= 15 is 0 Å². The fourth-order valence-corrected chi connectivity index (χ4v) is 3.62. The molecule has 3 aromatic heterocycles. The molecule has 3 aromatic rings. The van der Waals surface area contributed by atoms with Gasteiger partial charge in [-0.1, -0.05) is 13.8 Å². The van der Waals surface area contributed by atoms with Crippen molar-refractivity contribution in [2.75, 3.05) is 5.32 Å². The number of ether oxygens (including phenoxy) is 1. The van der Waals surface area contributed by atoms with Gasteiger partial charge in [-0.3, -0.25) is 4.98 Å². The number of anilines is 2. The molecule has 0 radical (unpaired) electrons. The van der Waals surface area contributed by atoms with Gasteiger partial charge in [0.25, 0.3) is 0 Å². The highest BCUT2D eigenvalue weighted by Gasteiger charge is 2.31. The predicted molar refractivity (Wildman–Crippen MR) is 112 cm³/mol. The topological polar surface area (TPSA) is 103 Å². The summed E-state index contributed by atoms with van der Waals surface area (Å²) in [7, 11) is 0. The quantitative estimate of drug-likeness (QED) is 0.644. The first-order valence-corrected chi connectivity index (χ1v) is 9.88. The Morgan fingerprint density at radius 2 is 1.97 bits per heavy atom. The summed E-state index contributed by atoms with van der Waals surface area (Å²) in [5, 5.41) is 5.29. The summed E-state index contributed by atoms with van der Waals surface area (Å²) in [4.78, 5) is 25.8. The molecule has 0 fully saturated rings. The van der Waals surface area contributed by atoms with Gasteiger partial charge in [-0.25, -0.2) is 14.8 Å². The summed E-state index contributed by atoms with van der Waals surface area (Å²) in [5.41, 5.74) is 9.47. The monoisotopic (exact) mass is 391 g/mol. The molecule has 7 heteroatoms. The number of carbonyl (C=O) groups is 1. The number of aromatic nitrogens is 3. The lowest BCUT2D eigenvalue weighted by Crippen LogP contribution is -2.29. The van der Waals surface area contributed by atoms with Crippen molar-refractivity contribution in [1.82, 2.24) is 15.0 Å². The number of nitrogens with two attached hydrogens (primary N) is 1. The number of carbonyl (C=O) groups excluding carboxylic acids is 1. The molecule has 4 heterocycles. The molecule has 0 aliphatic carbocycles. The summed E-state index contributed by atoms with van der Waals surface area (Å²) in [6.45, 7) is 7.91. The summed E-state index contributed by atoms with van der Waals surface area (Å²) in [6.07, 6.45) is 4.28. The second-order valence-electron chi connectivity index (χ2n) is 7.58. The summed E-state index contributed by atoms with van der Waals surface area (Å²) in [5.74, 6) is 1.00. The minimum Gasteiger partial charge on any atom is -0.458 e. The first-order valence-electron chi connectivity index (χ1n) is 9.88. The molecule has 0 aromatic carbocycles. The maximum Gasteiger partial charge on any atom is 0.340 e. The molecule has 1 aliphatic rings. The van der Waals surface area contributed by atoms with Gasteiger partial charge in [-0.2, -0.15) is 0 Å². The third kappa shape index (κ3) is 3.42. The second-order valence-corrected chi connectivity index (χ2v) is 7.58. The zero-order chi connectivity index (χ0) is 20.7. The van der Waals surface area contributed by atoms with Gasteiger partial charge in [0.15, 0.2) is 0 Å². The largest absolute Gasteiger partial charge is 0.458 e. The van der Waals surface area contributed by atoms with E-state index in [0.29, 0.717) is 17.2 Å². The number of fused-ring (bicyclic) bond motifs is 2. The SMILES string of the molecule is CC[C@@H](N)c1cnc(C)c2cnc(Nc3ccc4c(n3)[C@@H](C)[C@H](C)OC4=O)cc12. The molecule has 0 amide bonds. The zero-order valence-corrected chi connectivity index (χ0v) is 17.1. The Morgan fingerprint density at radius 3 is 2.72 bits per heavy atom. The third-order valence-electron chi connectivity index (χ3n) is 5.67. The van der Waals surface area contributed by atoms with Crippen LogP contribution in [0.4, 0.5) is 11.6 Å². The highest BCUT2D eigenvalue weighted by molar-refractivity contribution is 5.92. The Balaban J connectivity index is 1.73. The van der Waals surface area contributed by atoms with Gasteiger partial charge in [0.2, 0.25) is 0 Å². The van der Waals surface area contributed by atoms with Crippen molar-refractivity contribution in [3.8, 4) is 0 Å². The molecule has 4 rings (SSSR count). The first kappa shape index (κ1) is 19.3. The van der Waals surface area contributed by atoms with Crippen molar-refractivity contribution in [3.05, 3.63) is 53.1 Å². The molecule has 3 atom stereocenters. The second kappa shape index (κ2) is 7.40. The number of hydrogen-bond acceptors (Lipinski definition) is 7. The van der Waals surface area contributed by atoms with E-state index in [4.69, 9.17) is 10.5 Å². The Labute approximate surface area is 169 Å². The van der Waals surface area contributed by atoms with Crippen molar-refractivity contribution in [1.29, 1.82) is 0 Å². The summed E-state index contributed by atoms with van der Waals surface area (Å²) >= 11 is 0. The number of rotatable bonds is 4. The Hall–Kier alpha value is -3.06. The van der Waals surface area contributed by atoms with Crippen LogP contribution in [0.5, 0.6) is 0 Å². The van der Waals surface area contributed by atoms with E-state index < -0.39 is 0 Å². The van der Waals surface area contributed by atoms with Crippen LogP contribution in [0.3, 0.4) is 0 Å². The molecule has 1 aliphatic heterocycles. The van der Waals surface area contributed by atoms with Crippen LogP contribution in [-0.4, -0.2) is 27.0 Å².